The number of nitrogens with zero attached hydrogens (tertiary/aromatic N) is 7. The minimum absolute atomic E-state index is 0.112. The molecule has 16 heteroatoms. The largest absolute Gasteiger partial charge is 0.423 e. The van der Waals surface area contributed by atoms with Crippen molar-refractivity contribution >= 4 is 11.6 Å². The number of anilines is 2. The molecule has 1 fully saturated rings. The molecule has 0 radical (unpaired) electrons. The molecule has 3 aromatic rings. The minimum atomic E-state index is -4.82. The average Bonchev–Trinajstić information content (AvgIpc) is 3.49. The number of nitrogens with one attached hydrogen (secondary N) is 1. The zero-order chi connectivity index (χ0) is 27.1. The van der Waals surface area contributed by atoms with E-state index in [0.717, 1.165) is 24.3 Å². The summed E-state index contributed by atoms with van der Waals surface area (Å²) in [6, 6.07) is 1.43. The van der Waals surface area contributed by atoms with Crippen LogP contribution >= 0.6 is 0 Å². The molecule has 3 aromatic heterocycles. The van der Waals surface area contributed by atoms with Crippen LogP contribution < -0.4 is 15.4 Å². The summed E-state index contributed by atoms with van der Waals surface area (Å²) in [5, 5.41) is 9.88. The van der Waals surface area contributed by atoms with Gasteiger partial charge in [-0.1, -0.05) is 0 Å². The fraction of sp³-hybridized carbons (Fsp3) is 0.500. The fourth-order valence-electron chi connectivity index (χ4n) is 4.70. The Balaban J connectivity index is 1.20. The molecular weight excluding hydrogens is 522 g/mol. The monoisotopic (exact) mass is 544 g/mol. The van der Waals surface area contributed by atoms with Gasteiger partial charge in [0.25, 0.3) is 5.56 Å². The quantitative estimate of drug-likeness (QED) is 0.473. The van der Waals surface area contributed by atoms with Crippen molar-refractivity contribution in [3.05, 3.63) is 57.5 Å². The molecule has 0 spiro atoms. The van der Waals surface area contributed by atoms with Gasteiger partial charge in [0.1, 0.15) is 5.56 Å². The highest BCUT2D eigenvalue weighted by molar-refractivity contribution is 5.54. The Morgan fingerprint density at radius 1 is 1.03 bits per heavy atom. The smallest absolute Gasteiger partial charge is 0.373 e. The van der Waals surface area contributed by atoms with Crippen molar-refractivity contribution < 1.29 is 31.1 Å². The van der Waals surface area contributed by atoms with Crippen molar-refractivity contribution in [2.24, 2.45) is 0 Å². The van der Waals surface area contributed by atoms with E-state index in [-0.39, 0.29) is 30.9 Å². The Kier molecular flexibility index (Phi) is 6.75. The molecule has 204 valence electrons. The van der Waals surface area contributed by atoms with Gasteiger partial charge in [-0.2, -0.15) is 36.5 Å². The summed E-state index contributed by atoms with van der Waals surface area (Å²) >= 11 is 0. The summed E-state index contributed by atoms with van der Waals surface area (Å²) in [6.07, 6.45) is -5.60. The second-order valence-electron chi connectivity index (χ2n) is 9.00. The zero-order valence-electron chi connectivity index (χ0n) is 19.8. The molecule has 1 atom stereocenters. The molecule has 0 unspecified atom stereocenters. The van der Waals surface area contributed by atoms with Crippen LogP contribution in [0.5, 0.6) is 0 Å². The van der Waals surface area contributed by atoms with Gasteiger partial charge in [-0.05, 0) is 18.9 Å². The summed E-state index contributed by atoms with van der Waals surface area (Å²) in [7, 11) is 0. The van der Waals surface area contributed by atoms with Crippen molar-refractivity contribution in [2.75, 3.05) is 29.5 Å². The Labute approximate surface area is 211 Å². The van der Waals surface area contributed by atoms with Crippen LogP contribution in [0.4, 0.5) is 38.0 Å². The van der Waals surface area contributed by atoms with Crippen LogP contribution in [0, 0.1) is 0 Å². The second kappa shape index (κ2) is 9.89. The number of hydrogen-bond acceptors (Lipinski definition) is 8. The Hall–Kier alpha value is -3.69. The van der Waals surface area contributed by atoms with Gasteiger partial charge in [0.05, 0.1) is 61.2 Å². The SMILES string of the molecule is O=c1[nH]ncc(N2CCC[C@H]2COCc2cc3n(n2)CCN(c2ncc(C(F)(F)F)cn2)C3)c1C(F)(F)F. The van der Waals surface area contributed by atoms with E-state index in [1.54, 1.807) is 15.6 Å². The van der Waals surface area contributed by atoms with Crippen LogP contribution in [0.2, 0.25) is 0 Å². The lowest BCUT2D eigenvalue weighted by atomic mass is 10.2. The number of fused-ring (bicyclic) bond motifs is 1. The van der Waals surface area contributed by atoms with E-state index in [1.165, 1.54) is 4.90 Å². The number of aromatic amines is 1. The number of ether oxygens (including phenoxy) is 1. The summed E-state index contributed by atoms with van der Waals surface area (Å²) in [5.74, 6) is 0.178. The van der Waals surface area contributed by atoms with E-state index < -0.39 is 29.0 Å². The molecule has 5 rings (SSSR count). The normalized spacial score (nSPS) is 18.2. The van der Waals surface area contributed by atoms with Crippen molar-refractivity contribution in [2.45, 2.75) is 50.9 Å². The molecule has 0 saturated carbocycles. The summed E-state index contributed by atoms with van der Waals surface area (Å²) < 4.78 is 86.4. The Bertz CT molecular complexity index is 1340. The van der Waals surface area contributed by atoms with E-state index >= 15 is 0 Å². The molecule has 5 heterocycles. The van der Waals surface area contributed by atoms with Crippen molar-refractivity contribution in [1.82, 2.24) is 29.9 Å². The van der Waals surface area contributed by atoms with Crippen LogP contribution in [-0.4, -0.2) is 55.7 Å². The first-order valence-corrected chi connectivity index (χ1v) is 11.7. The highest BCUT2D eigenvalue weighted by Gasteiger charge is 2.40. The molecule has 2 aliphatic heterocycles. The number of rotatable bonds is 6. The lowest BCUT2D eigenvalue weighted by molar-refractivity contribution is -0.139. The van der Waals surface area contributed by atoms with Crippen LogP contribution in [0.25, 0.3) is 0 Å². The standard InChI is InChI=1S/C22H22F6N8O2/c23-21(24,25)13-7-29-20(30-8-13)34-4-5-36-16(10-34)6-14(33-36)11-38-12-15-2-1-3-35(15)17-9-31-32-19(37)18(17)22(26,27)28/h6-9,15H,1-5,10-12H2,(H,32,37)/t15-/m0/s1. The van der Waals surface area contributed by atoms with Gasteiger partial charge in [0, 0.05) is 25.5 Å². The van der Waals surface area contributed by atoms with E-state index in [0.29, 0.717) is 44.7 Å². The zero-order valence-corrected chi connectivity index (χ0v) is 19.8. The maximum atomic E-state index is 13.5. The van der Waals surface area contributed by atoms with Crippen LogP contribution in [0.1, 0.15) is 35.4 Å². The lowest BCUT2D eigenvalue weighted by Gasteiger charge is -2.28. The van der Waals surface area contributed by atoms with Gasteiger partial charge in [-0.25, -0.2) is 15.1 Å². The molecule has 2 aliphatic rings. The van der Waals surface area contributed by atoms with E-state index in [1.807, 2.05) is 5.10 Å². The Morgan fingerprint density at radius 2 is 1.79 bits per heavy atom. The van der Waals surface area contributed by atoms with Crippen LogP contribution in [0.15, 0.2) is 29.5 Å². The van der Waals surface area contributed by atoms with E-state index in [9.17, 15) is 31.1 Å². The number of hydrogen-bond donors (Lipinski definition) is 1. The molecule has 0 bridgehead atoms. The number of H-pyrrole nitrogens is 1. The minimum Gasteiger partial charge on any atom is -0.373 e. The first kappa shape index (κ1) is 25.9. The number of aromatic nitrogens is 6. The highest BCUT2D eigenvalue weighted by atomic mass is 19.4. The third-order valence-corrected chi connectivity index (χ3v) is 6.46. The van der Waals surface area contributed by atoms with Crippen molar-refractivity contribution in [3.8, 4) is 0 Å². The van der Waals surface area contributed by atoms with Crippen molar-refractivity contribution in [3.63, 3.8) is 0 Å². The predicted molar refractivity (Wildman–Crippen MR) is 120 cm³/mol. The number of halogens is 6. The summed E-state index contributed by atoms with van der Waals surface area (Å²) in [4.78, 5) is 22.8. The second-order valence-corrected chi connectivity index (χ2v) is 9.00. The molecule has 0 amide bonds. The molecule has 10 nitrogen and oxygen atoms in total. The van der Waals surface area contributed by atoms with Gasteiger partial charge < -0.3 is 14.5 Å². The molecule has 1 N–H and O–H groups in total. The lowest BCUT2D eigenvalue weighted by Crippen LogP contribution is -2.37. The van der Waals surface area contributed by atoms with E-state index in [4.69, 9.17) is 4.74 Å². The van der Waals surface area contributed by atoms with Crippen molar-refractivity contribution in [1.29, 1.82) is 0 Å². The first-order chi connectivity index (χ1) is 18.0. The maximum absolute atomic E-state index is 13.5. The third kappa shape index (κ3) is 5.30. The Morgan fingerprint density at radius 3 is 2.50 bits per heavy atom. The topological polar surface area (TPSA) is 105 Å². The third-order valence-electron chi connectivity index (χ3n) is 6.46. The van der Waals surface area contributed by atoms with Crippen LogP contribution in [-0.2, 0) is 36.8 Å². The first-order valence-electron chi connectivity index (χ1n) is 11.7. The summed E-state index contributed by atoms with van der Waals surface area (Å²) in [6.45, 7) is 1.82. The van der Waals surface area contributed by atoms with E-state index in [2.05, 4.69) is 20.2 Å². The maximum Gasteiger partial charge on any atom is 0.423 e. The van der Waals surface area contributed by atoms with Gasteiger partial charge in [0.15, 0.2) is 0 Å². The van der Waals surface area contributed by atoms with Gasteiger partial charge >= 0.3 is 12.4 Å². The van der Waals surface area contributed by atoms with Gasteiger partial charge in [-0.15, -0.1) is 0 Å². The molecule has 1 saturated heterocycles. The summed E-state index contributed by atoms with van der Waals surface area (Å²) in [5.41, 5.74) is -2.36. The van der Waals surface area contributed by atoms with Gasteiger partial charge in [-0.3, -0.25) is 9.48 Å². The fourth-order valence-corrected chi connectivity index (χ4v) is 4.70. The van der Waals surface area contributed by atoms with Crippen LogP contribution in [0.3, 0.4) is 0 Å². The molecule has 0 aliphatic carbocycles. The van der Waals surface area contributed by atoms with Gasteiger partial charge in [0.2, 0.25) is 5.95 Å². The highest BCUT2D eigenvalue weighted by Crippen LogP contribution is 2.36. The molecule has 0 aromatic carbocycles. The molecule has 38 heavy (non-hydrogen) atoms. The average molecular weight is 544 g/mol. The predicted octanol–water partition coefficient (Wildman–Crippen LogP) is 3.00. The number of alkyl halides is 6. The molecular formula is C22H22F6N8O2.